The van der Waals surface area contributed by atoms with Crippen molar-refractivity contribution < 1.29 is 14.3 Å². The van der Waals surface area contributed by atoms with Crippen LogP contribution in [0.1, 0.15) is 30.1 Å². The summed E-state index contributed by atoms with van der Waals surface area (Å²) in [5.74, 6) is 1.29. The number of rotatable bonds is 5. The predicted octanol–water partition coefficient (Wildman–Crippen LogP) is 2.26. The van der Waals surface area contributed by atoms with Crippen LogP contribution in [0.15, 0.2) is 18.2 Å². The summed E-state index contributed by atoms with van der Waals surface area (Å²) in [6.45, 7) is 6.84. The van der Waals surface area contributed by atoms with Crippen LogP contribution in [0.2, 0.25) is 0 Å². The molecule has 0 atom stereocenters. The van der Waals surface area contributed by atoms with Gasteiger partial charge in [-0.25, -0.2) is 0 Å². The summed E-state index contributed by atoms with van der Waals surface area (Å²) < 4.78 is 10.6. The van der Waals surface area contributed by atoms with Crippen molar-refractivity contribution in [3.8, 4) is 11.5 Å². The van der Waals surface area contributed by atoms with E-state index < -0.39 is 0 Å². The van der Waals surface area contributed by atoms with Crippen LogP contribution in [-0.4, -0.2) is 62.7 Å². The molecule has 122 valence electrons. The van der Waals surface area contributed by atoms with E-state index in [2.05, 4.69) is 11.8 Å². The van der Waals surface area contributed by atoms with Crippen molar-refractivity contribution in [2.24, 2.45) is 0 Å². The lowest BCUT2D eigenvalue weighted by Gasteiger charge is -2.22. The number of nitrogens with zero attached hydrogens (tertiary/aromatic N) is 2. The number of hydrogen-bond acceptors (Lipinski definition) is 4. The van der Waals surface area contributed by atoms with Crippen LogP contribution in [0.5, 0.6) is 11.5 Å². The Morgan fingerprint density at radius 3 is 2.64 bits per heavy atom. The molecular formula is C17H26N2O3. The Labute approximate surface area is 132 Å². The van der Waals surface area contributed by atoms with Gasteiger partial charge in [-0.1, -0.05) is 6.92 Å². The quantitative estimate of drug-likeness (QED) is 0.837. The summed E-state index contributed by atoms with van der Waals surface area (Å²) in [5.41, 5.74) is 0.575. The molecule has 0 radical (unpaired) electrons. The third kappa shape index (κ3) is 3.91. The second-order valence-electron chi connectivity index (χ2n) is 5.55. The minimum absolute atomic E-state index is 0.0223. The maximum absolute atomic E-state index is 12.8. The maximum atomic E-state index is 12.8. The molecule has 5 heteroatoms. The smallest absolute Gasteiger partial charge is 0.257 e. The molecule has 0 saturated carbocycles. The predicted molar refractivity (Wildman–Crippen MR) is 86.8 cm³/mol. The fourth-order valence-electron chi connectivity index (χ4n) is 2.87. The van der Waals surface area contributed by atoms with E-state index in [0.29, 0.717) is 17.1 Å². The number of ether oxygens (including phenoxy) is 2. The van der Waals surface area contributed by atoms with Gasteiger partial charge < -0.3 is 19.3 Å². The summed E-state index contributed by atoms with van der Waals surface area (Å²) in [6, 6.07) is 5.35. The van der Waals surface area contributed by atoms with E-state index in [1.807, 2.05) is 4.90 Å². The first-order chi connectivity index (χ1) is 10.7. The van der Waals surface area contributed by atoms with E-state index in [1.54, 1.807) is 32.4 Å². The fourth-order valence-corrected chi connectivity index (χ4v) is 2.87. The van der Waals surface area contributed by atoms with Crippen molar-refractivity contribution in [2.75, 3.05) is 46.9 Å². The number of methoxy groups -OCH3 is 2. The molecule has 0 aromatic heterocycles. The normalized spacial score (nSPS) is 16.2. The lowest BCUT2D eigenvalue weighted by Crippen LogP contribution is -2.35. The zero-order valence-electron chi connectivity index (χ0n) is 13.8. The first-order valence-corrected chi connectivity index (χ1v) is 7.93. The third-order valence-corrected chi connectivity index (χ3v) is 4.05. The average molecular weight is 306 g/mol. The molecule has 1 fully saturated rings. The van der Waals surface area contributed by atoms with Crippen LogP contribution in [0.4, 0.5) is 0 Å². The highest BCUT2D eigenvalue weighted by molar-refractivity contribution is 5.97. The number of benzene rings is 1. The molecule has 0 bridgehead atoms. The van der Waals surface area contributed by atoms with Crippen molar-refractivity contribution >= 4 is 5.91 Å². The zero-order valence-corrected chi connectivity index (χ0v) is 13.8. The van der Waals surface area contributed by atoms with Crippen LogP contribution >= 0.6 is 0 Å². The molecule has 1 aromatic carbocycles. The van der Waals surface area contributed by atoms with Gasteiger partial charge in [0.25, 0.3) is 5.91 Å². The van der Waals surface area contributed by atoms with Gasteiger partial charge in [0.1, 0.15) is 11.5 Å². The van der Waals surface area contributed by atoms with E-state index >= 15 is 0 Å². The minimum atomic E-state index is 0.0223. The molecule has 5 nitrogen and oxygen atoms in total. The Morgan fingerprint density at radius 2 is 1.95 bits per heavy atom. The standard InChI is InChI=1S/C17H26N2O3/c1-4-8-18-9-5-10-19(12-11-18)17(20)15-13-14(21-2)6-7-16(15)22-3/h6-7,13H,4-5,8-12H2,1-3H3. The Balaban J connectivity index is 2.13. The molecule has 0 aliphatic carbocycles. The summed E-state index contributed by atoms with van der Waals surface area (Å²) in [5, 5.41) is 0. The van der Waals surface area contributed by atoms with E-state index in [1.165, 1.54) is 0 Å². The second kappa shape index (κ2) is 8.03. The summed E-state index contributed by atoms with van der Waals surface area (Å²) >= 11 is 0. The molecule has 0 N–H and O–H groups in total. The molecule has 0 spiro atoms. The van der Waals surface area contributed by atoms with E-state index in [0.717, 1.165) is 45.6 Å². The highest BCUT2D eigenvalue weighted by atomic mass is 16.5. The highest BCUT2D eigenvalue weighted by Gasteiger charge is 2.23. The number of carbonyl (C=O) groups excluding carboxylic acids is 1. The van der Waals surface area contributed by atoms with Crippen LogP contribution in [0.3, 0.4) is 0 Å². The van der Waals surface area contributed by atoms with Gasteiger partial charge in [-0.15, -0.1) is 0 Å². The minimum Gasteiger partial charge on any atom is -0.497 e. The van der Waals surface area contributed by atoms with Crippen molar-refractivity contribution in [2.45, 2.75) is 19.8 Å². The first-order valence-electron chi connectivity index (χ1n) is 7.93. The third-order valence-electron chi connectivity index (χ3n) is 4.05. The average Bonchev–Trinajstić information content (AvgIpc) is 2.79. The molecule has 22 heavy (non-hydrogen) atoms. The molecule has 1 aliphatic heterocycles. The number of amides is 1. The molecule has 0 unspecified atom stereocenters. The molecular weight excluding hydrogens is 280 g/mol. The molecule has 1 aromatic rings. The summed E-state index contributed by atoms with van der Waals surface area (Å²) in [4.78, 5) is 17.2. The summed E-state index contributed by atoms with van der Waals surface area (Å²) in [6.07, 6.45) is 2.16. The number of hydrogen-bond donors (Lipinski definition) is 0. The molecule has 2 rings (SSSR count). The van der Waals surface area contributed by atoms with Crippen molar-refractivity contribution in [1.29, 1.82) is 0 Å². The maximum Gasteiger partial charge on any atom is 0.257 e. The SMILES string of the molecule is CCCN1CCCN(C(=O)c2cc(OC)ccc2OC)CC1. The van der Waals surface area contributed by atoms with Gasteiger partial charge in [-0.2, -0.15) is 0 Å². The fraction of sp³-hybridized carbons (Fsp3) is 0.588. The van der Waals surface area contributed by atoms with Crippen LogP contribution in [-0.2, 0) is 0 Å². The Morgan fingerprint density at radius 1 is 1.14 bits per heavy atom. The van der Waals surface area contributed by atoms with Crippen LogP contribution in [0, 0.1) is 0 Å². The van der Waals surface area contributed by atoms with Crippen molar-refractivity contribution in [3.05, 3.63) is 23.8 Å². The lowest BCUT2D eigenvalue weighted by molar-refractivity contribution is 0.0757. The van der Waals surface area contributed by atoms with Crippen molar-refractivity contribution in [3.63, 3.8) is 0 Å². The van der Waals surface area contributed by atoms with Gasteiger partial charge in [-0.05, 0) is 44.1 Å². The molecule has 1 heterocycles. The van der Waals surface area contributed by atoms with Gasteiger partial charge in [0.2, 0.25) is 0 Å². The van der Waals surface area contributed by atoms with Gasteiger partial charge in [0, 0.05) is 19.6 Å². The van der Waals surface area contributed by atoms with Crippen LogP contribution < -0.4 is 9.47 Å². The van der Waals surface area contributed by atoms with Crippen molar-refractivity contribution in [1.82, 2.24) is 9.80 Å². The summed E-state index contributed by atoms with van der Waals surface area (Å²) in [7, 11) is 3.19. The van der Waals surface area contributed by atoms with Gasteiger partial charge in [0.05, 0.1) is 19.8 Å². The highest BCUT2D eigenvalue weighted by Crippen LogP contribution is 2.25. The Kier molecular flexibility index (Phi) is 6.07. The molecule has 1 saturated heterocycles. The lowest BCUT2D eigenvalue weighted by atomic mass is 10.1. The Hall–Kier alpha value is -1.75. The zero-order chi connectivity index (χ0) is 15.9. The van der Waals surface area contributed by atoms with E-state index in [4.69, 9.17) is 9.47 Å². The van der Waals surface area contributed by atoms with Gasteiger partial charge >= 0.3 is 0 Å². The number of carbonyl (C=O) groups is 1. The molecule has 1 aliphatic rings. The van der Waals surface area contributed by atoms with E-state index in [-0.39, 0.29) is 5.91 Å². The topological polar surface area (TPSA) is 42.0 Å². The van der Waals surface area contributed by atoms with E-state index in [9.17, 15) is 4.79 Å². The van der Waals surface area contributed by atoms with Gasteiger partial charge in [0.15, 0.2) is 0 Å². The Bertz CT molecular complexity index is 505. The molecule has 1 amide bonds. The van der Waals surface area contributed by atoms with Crippen LogP contribution in [0.25, 0.3) is 0 Å². The second-order valence-corrected chi connectivity index (χ2v) is 5.55. The largest absolute Gasteiger partial charge is 0.497 e. The monoisotopic (exact) mass is 306 g/mol. The first kappa shape index (κ1) is 16.6. The van der Waals surface area contributed by atoms with Gasteiger partial charge in [-0.3, -0.25) is 4.79 Å².